The number of benzene rings is 8. The van der Waals surface area contributed by atoms with E-state index in [4.69, 9.17) is 43.0 Å². The summed E-state index contributed by atoms with van der Waals surface area (Å²) in [4.78, 5) is 29.3. The number of nitrogens with zero attached hydrogens (tertiary/aromatic N) is 7. The Kier molecular flexibility index (Phi) is 6.23. The van der Waals surface area contributed by atoms with E-state index in [9.17, 15) is 0 Å². The van der Waals surface area contributed by atoms with Crippen molar-refractivity contribution in [3.05, 3.63) is 200 Å². The smallest absolute Gasteiger partial charge is 0.166 e. The highest BCUT2D eigenvalue weighted by Crippen LogP contribution is 2.43. The molecule has 0 aliphatic rings. The van der Waals surface area contributed by atoms with E-state index < -0.39 is 60.4 Å². The average molecular weight is 806 g/mol. The fourth-order valence-electron chi connectivity index (χ4n) is 7.96. The van der Waals surface area contributed by atoms with Crippen molar-refractivity contribution in [1.29, 1.82) is 0 Å². The zero-order valence-electron chi connectivity index (χ0n) is 42.3. The number of hydrogen-bond acceptors (Lipinski definition) is 7. The number of hydrogen-bond donors (Lipinski definition) is 0. The summed E-state index contributed by atoms with van der Waals surface area (Å²) in [7, 11) is 0. The molecule has 0 radical (unpaired) electrons. The summed E-state index contributed by atoms with van der Waals surface area (Å²) >= 11 is 0. The molecule has 0 N–H and O–H groups in total. The van der Waals surface area contributed by atoms with Gasteiger partial charge in [0.25, 0.3) is 0 Å². The molecule has 0 atom stereocenters. The molecule has 0 unspecified atom stereocenters. The van der Waals surface area contributed by atoms with Crippen molar-refractivity contribution >= 4 is 43.7 Å². The van der Waals surface area contributed by atoms with Crippen molar-refractivity contribution in [2.45, 2.75) is 0 Å². The van der Waals surface area contributed by atoms with Crippen LogP contribution in [-0.4, -0.2) is 34.5 Å². The molecular weight excluding hydrogens is 763 g/mol. The van der Waals surface area contributed by atoms with Gasteiger partial charge >= 0.3 is 0 Å². The number of furan rings is 1. The van der Waals surface area contributed by atoms with Crippen molar-refractivity contribution in [2.24, 2.45) is 0 Å². The Morgan fingerprint density at radius 3 is 1.52 bits per heavy atom. The maximum atomic E-state index is 8.89. The number of fused-ring (bicyclic) bond motifs is 7. The average Bonchev–Trinajstić information content (AvgIpc) is 3.97. The van der Waals surface area contributed by atoms with Crippen molar-refractivity contribution in [2.75, 3.05) is 0 Å². The summed E-state index contributed by atoms with van der Waals surface area (Å²) in [6.45, 7) is 0. The van der Waals surface area contributed by atoms with E-state index >= 15 is 0 Å². The second kappa shape index (κ2) is 14.6. The maximum absolute atomic E-state index is 8.89. The molecule has 0 saturated heterocycles. The highest BCUT2D eigenvalue weighted by atomic mass is 16.3. The van der Waals surface area contributed by atoms with Crippen LogP contribution in [0.5, 0.6) is 0 Å². The van der Waals surface area contributed by atoms with Crippen molar-refractivity contribution in [3.63, 3.8) is 0 Å². The zero-order chi connectivity index (χ0) is 49.7. The Morgan fingerprint density at radius 1 is 0.371 bits per heavy atom. The Labute approximate surface area is 369 Å². The molecule has 4 aromatic heterocycles. The van der Waals surface area contributed by atoms with E-state index in [0.29, 0.717) is 28.5 Å². The number of para-hydroxylation sites is 2. The minimum atomic E-state index is -0.644. The van der Waals surface area contributed by atoms with Crippen LogP contribution < -0.4 is 0 Å². The minimum Gasteiger partial charge on any atom is -0.456 e. The van der Waals surface area contributed by atoms with E-state index in [0.717, 1.165) is 54.9 Å². The third kappa shape index (κ3) is 6.00. The number of aromatic nitrogens is 7. The lowest BCUT2D eigenvalue weighted by Gasteiger charge is -2.16. The maximum Gasteiger partial charge on any atom is 0.166 e. The quantitative estimate of drug-likeness (QED) is 0.158. The first kappa shape index (κ1) is 26.5. The van der Waals surface area contributed by atoms with Gasteiger partial charge in [-0.05, 0) is 42.5 Å². The minimum absolute atomic E-state index is 0.115. The Morgan fingerprint density at radius 2 is 0.887 bits per heavy atom. The molecule has 4 heterocycles. The molecule has 0 amide bonds. The third-order valence-corrected chi connectivity index (χ3v) is 10.7. The summed E-state index contributed by atoms with van der Waals surface area (Å²) in [5.41, 5.74) is 5.26. The highest BCUT2D eigenvalue weighted by Gasteiger charge is 2.23. The van der Waals surface area contributed by atoms with Crippen LogP contribution in [0.2, 0.25) is 0 Å². The lowest BCUT2D eigenvalue weighted by molar-refractivity contribution is 0.669. The van der Waals surface area contributed by atoms with Crippen molar-refractivity contribution in [3.8, 4) is 74.0 Å². The molecule has 8 aromatic carbocycles. The lowest BCUT2D eigenvalue weighted by atomic mass is 10.0. The predicted molar refractivity (Wildman–Crippen MR) is 247 cm³/mol. The molecule has 290 valence electrons. The largest absolute Gasteiger partial charge is 0.456 e. The first-order valence-electron chi connectivity index (χ1n) is 24.6. The molecule has 0 aliphatic carbocycles. The predicted octanol–water partition coefficient (Wildman–Crippen LogP) is 13.1. The summed E-state index contributed by atoms with van der Waals surface area (Å²) in [5, 5.41) is 3.81. The molecule has 12 aromatic rings. The molecule has 12 rings (SSSR count). The van der Waals surface area contributed by atoms with Crippen LogP contribution in [0, 0.1) is 0 Å². The van der Waals surface area contributed by atoms with Gasteiger partial charge in [0.1, 0.15) is 11.2 Å². The second-order valence-corrected chi connectivity index (χ2v) is 14.4. The molecule has 8 nitrogen and oxygen atoms in total. The topological polar surface area (TPSA) is 95.4 Å². The van der Waals surface area contributed by atoms with Gasteiger partial charge in [-0.3, -0.25) is 0 Å². The van der Waals surface area contributed by atoms with Gasteiger partial charge in [-0.2, -0.15) is 0 Å². The van der Waals surface area contributed by atoms with Crippen molar-refractivity contribution < 1.29 is 18.1 Å². The van der Waals surface area contributed by atoms with Crippen LogP contribution in [0.4, 0.5) is 0 Å². The van der Waals surface area contributed by atoms with Gasteiger partial charge in [0, 0.05) is 54.9 Å². The molecule has 8 heteroatoms. The second-order valence-electron chi connectivity index (χ2n) is 14.4. The summed E-state index contributed by atoms with van der Waals surface area (Å²) in [6.07, 6.45) is 0. The number of rotatable bonds is 7. The fraction of sp³-hybridized carbons (Fsp3) is 0. The highest BCUT2D eigenvalue weighted by molar-refractivity contribution is 6.27. The molecule has 0 saturated carbocycles. The summed E-state index contributed by atoms with van der Waals surface area (Å²) in [5.74, 6) is 0.137. The molecular formula is C54H33N7O. The first-order valence-corrected chi connectivity index (χ1v) is 19.6. The van der Waals surface area contributed by atoms with Crippen LogP contribution in [-0.2, 0) is 0 Å². The Hall–Kier alpha value is -8.62. The van der Waals surface area contributed by atoms with Gasteiger partial charge in [0.2, 0.25) is 0 Å². The fourth-order valence-corrected chi connectivity index (χ4v) is 7.96. The van der Waals surface area contributed by atoms with Crippen LogP contribution in [0.15, 0.2) is 204 Å². The van der Waals surface area contributed by atoms with Gasteiger partial charge in [-0.25, -0.2) is 29.9 Å². The van der Waals surface area contributed by atoms with E-state index in [1.807, 2.05) is 121 Å². The van der Waals surface area contributed by atoms with Crippen molar-refractivity contribution in [1.82, 2.24) is 34.5 Å². The monoisotopic (exact) mass is 805 g/mol. The molecule has 62 heavy (non-hydrogen) atoms. The molecule has 0 spiro atoms. The third-order valence-electron chi connectivity index (χ3n) is 10.7. The van der Waals surface area contributed by atoms with E-state index in [1.165, 1.54) is 0 Å². The van der Waals surface area contributed by atoms with Gasteiger partial charge < -0.3 is 8.98 Å². The molecule has 0 bridgehead atoms. The van der Waals surface area contributed by atoms with E-state index in [-0.39, 0.29) is 34.4 Å². The normalized spacial score (nSPS) is 13.8. The Bertz CT molecular complexity index is 4040. The molecule has 0 aliphatic heterocycles. The van der Waals surface area contributed by atoms with Gasteiger partial charge in [0.05, 0.1) is 30.4 Å². The van der Waals surface area contributed by atoms with E-state index in [2.05, 4.69) is 15.6 Å². The SMILES string of the molecule is [2H]c1c([2H])c([2H])c(-c2nc(-c3ccc(-n4c5ccccc5c5c6c(ccc54)oc4ccccc46)c(-c4nc(-c5ccccc5)nc(-c5ccccc5)n4)c3)nc(-c3c([2H])c([2H])c([2H])c([2H])c3[2H])n2)c([2H])c1[2H]. The standard InChI is InChI=1S/C54H33N7O/c1-5-17-34(18-6-1)49-55-50(35-19-7-2-8-20-35)58-53(57-49)38-29-30-43(41(33-38)54-59-51(36-21-9-3-10-22-36)56-52(60-54)37-23-11-4-12-24-37)61-42-27-15-13-25-39(42)47-44(61)31-32-46-48(47)40-26-14-16-28-45(40)62-46/h1-33H/i1D,2D,5D,6D,7D,8D,17D,18D,19D,20D. The summed E-state index contributed by atoms with van der Waals surface area (Å²) in [6, 6.07) is 38.0. The van der Waals surface area contributed by atoms with Crippen LogP contribution in [0.3, 0.4) is 0 Å². The van der Waals surface area contributed by atoms with Gasteiger partial charge in [-0.15, -0.1) is 0 Å². The van der Waals surface area contributed by atoms with Crippen LogP contribution >= 0.6 is 0 Å². The lowest BCUT2D eigenvalue weighted by Crippen LogP contribution is -2.05. The van der Waals surface area contributed by atoms with E-state index in [1.54, 1.807) is 12.1 Å². The van der Waals surface area contributed by atoms with Crippen LogP contribution in [0.1, 0.15) is 13.7 Å². The first-order chi connectivity index (χ1) is 34.9. The summed E-state index contributed by atoms with van der Waals surface area (Å²) < 4.78 is 94.6. The van der Waals surface area contributed by atoms with Crippen LogP contribution in [0.25, 0.3) is 118 Å². The van der Waals surface area contributed by atoms with Gasteiger partial charge in [-0.1, -0.05) is 157 Å². The molecule has 0 fully saturated rings. The Balaban J connectivity index is 1.20. The van der Waals surface area contributed by atoms with Gasteiger partial charge in [0.15, 0.2) is 34.9 Å². The zero-order valence-corrected chi connectivity index (χ0v) is 32.3.